The molecule has 0 radical (unpaired) electrons. The second-order valence-electron chi connectivity index (χ2n) is 4.39. The van der Waals surface area contributed by atoms with Crippen LogP contribution in [-0.2, 0) is 6.54 Å². The van der Waals surface area contributed by atoms with E-state index in [9.17, 15) is 10.1 Å². The maximum absolute atomic E-state index is 10.6. The molecule has 0 spiro atoms. The molecule has 0 atom stereocenters. The Balaban J connectivity index is 1.64. The lowest BCUT2D eigenvalue weighted by Crippen LogP contribution is -1.96. The predicted molar refractivity (Wildman–Crippen MR) is 82.3 cm³/mol. The first-order valence-electron chi connectivity index (χ1n) is 6.28. The zero-order valence-corrected chi connectivity index (χ0v) is 11.8. The van der Waals surface area contributed by atoms with Gasteiger partial charge >= 0.3 is 5.00 Å². The number of nitrogens with zero attached hydrogens (tertiary/aromatic N) is 2. The van der Waals surface area contributed by atoms with E-state index >= 15 is 0 Å². The van der Waals surface area contributed by atoms with Crippen LogP contribution in [0.4, 0.5) is 10.7 Å². The largest absolute Gasteiger partial charge is 0.380 e. The van der Waals surface area contributed by atoms with Gasteiger partial charge in [-0.05, 0) is 23.8 Å². The zero-order chi connectivity index (χ0) is 14.7. The fourth-order valence-corrected chi connectivity index (χ4v) is 2.69. The highest BCUT2D eigenvalue weighted by atomic mass is 32.1. The highest BCUT2D eigenvalue weighted by Crippen LogP contribution is 2.25. The Morgan fingerprint density at radius 1 is 1.24 bits per heavy atom. The molecule has 0 aliphatic heterocycles. The van der Waals surface area contributed by atoms with Crippen molar-refractivity contribution in [3.63, 3.8) is 0 Å². The lowest BCUT2D eigenvalue weighted by molar-refractivity contribution is -0.380. The Morgan fingerprint density at radius 3 is 2.67 bits per heavy atom. The number of anilines is 1. The first-order valence-corrected chi connectivity index (χ1v) is 7.10. The fourth-order valence-electron chi connectivity index (χ4n) is 1.93. The molecule has 0 saturated heterocycles. The van der Waals surface area contributed by atoms with E-state index in [0.717, 1.165) is 21.8 Å². The molecular weight excluding hydrogens is 288 g/mol. The van der Waals surface area contributed by atoms with Gasteiger partial charge in [0.2, 0.25) is 0 Å². The Labute approximate surface area is 124 Å². The zero-order valence-electron chi connectivity index (χ0n) is 10.9. The molecule has 0 aliphatic rings. The van der Waals surface area contributed by atoms with Gasteiger partial charge in [-0.1, -0.05) is 23.5 Å². The molecule has 1 aromatic carbocycles. The summed E-state index contributed by atoms with van der Waals surface area (Å²) in [6.07, 6.45) is 3.42. The van der Waals surface area contributed by atoms with E-state index in [-0.39, 0.29) is 9.92 Å². The Morgan fingerprint density at radius 2 is 2.05 bits per heavy atom. The molecule has 21 heavy (non-hydrogen) atoms. The van der Waals surface area contributed by atoms with E-state index < -0.39 is 0 Å². The molecule has 0 unspecified atom stereocenters. The van der Waals surface area contributed by atoms with Crippen LogP contribution in [0.3, 0.4) is 0 Å². The normalized spacial score (nSPS) is 10.5. The standard InChI is InChI=1S/C14H12N4O2S/c19-18(20)14-6-5-12(21-14)7-16-11-3-1-10(2-4-11)13-8-15-9-17-13/h1-6,8-9,16H,7H2,(H,15,17). The summed E-state index contributed by atoms with van der Waals surface area (Å²) >= 11 is 1.19. The van der Waals surface area contributed by atoms with Crippen molar-refractivity contribution in [2.45, 2.75) is 6.54 Å². The first kappa shape index (κ1) is 13.3. The molecule has 3 rings (SSSR count). The van der Waals surface area contributed by atoms with Gasteiger partial charge < -0.3 is 10.3 Å². The van der Waals surface area contributed by atoms with Gasteiger partial charge in [-0.15, -0.1) is 0 Å². The molecule has 0 aliphatic carbocycles. The van der Waals surface area contributed by atoms with E-state index in [1.807, 2.05) is 24.3 Å². The smallest absolute Gasteiger partial charge is 0.324 e. The number of aromatic amines is 1. The van der Waals surface area contributed by atoms with Crippen molar-refractivity contribution in [2.24, 2.45) is 0 Å². The Kier molecular flexibility index (Phi) is 3.65. The number of rotatable bonds is 5. The van der Waals surface area contributed by atoms with Gasteiger partial charge in [0.15, 0.2) is 0 Å². The molecule has 2 N–H and O–H groups in total. The lowest BCUT2D eigenvalue weighted by Gasteiger charge is -2.05. The lowest BCUT2D eigenvalue weighted by atomic mass is 10.1. The van der Waals surface area contributed by atoms with Gasteiger partial charge in [-0.2, -0.15) is 0 Å². The number of thiophene rings is 1. The van der Waals surface area contributed by atoms with Crippen LogP contribution < -0.4 is 5.32 Å². The molecule has 0 amide bonds. The Bertz CT molecular complexity index is 735. The van der Waals surface area contributed by atoms with Crippen molar-refractivity contribution in [3.8, 4) is 11.3 Å². The highest BCUT2D eigenvalue weighted by Gasteiger charge is 2.09. The maximum Gasteiger partial charge on any atom is 0.324 e. The van der Waals surface area contributed by atoms with E-state index in [4.69, 9.17) is 0 Å². The number of hydrogen-bond acceptors (Lipinski definition) is 5. The summed E-state index contributed by atoms with van der Waals surface area (Å²) < 4.78 is 0. The van der Waals surface area contributed by atoms with Crippen molar-refractivity contribution in [1.29, 1.82) is 0 Å². The fraction of sp³-hybridized carbons (Fsp3) is 0.0714. The highest BCUT2D eigenvalue weighted by molar-refractivity contribution is 7.15. The summed E-state index contributed by atoms with van der Waals surface area (Å²) in [6.45, 7) is 0.571. The van der Waals surface area contributed by atoms with Crippen LogP contribution in [0.5, 0.6) is 0 Å². The van der Waals surface area contributed by atoms with Gasteiger partial charge in [0.05, 0.1) is 23.1 Å². The summed E-state index contributed by atoms with van der Waals surface area (Å²) in [5, 5.41) is 14.0. The van der Waals surface area contributed by atoms with Crippen molar-refractivity contribution in [1.82, 2.24) is 9.97 Å². The van der Waals surface area contributed by atoms with Gasteiger partial charge in [0, 0.05) is 23.2 Å². The van der Waals surface area contributed by atoms with Crippen LogP contribution in [0.2, 0.25) is 0 Å². The van der Waals surface area contributed by atoms with E-state index in [0.29, 0.717) is 6.54 Å². The number of aromatic nitrogens is 2. The third-order valence-corrected chi connectivity index (χ3v) is 4.03. The second kappa shape index (κ2) is 5.76. The molecule has 7 heteroatoms. The average molecular weight is 300 g/mol. The van der Waals surface area contributed by atoms with E-state index in [1.54, 1.807) is 18.6 Å². The van der Waals surface area contributed by atoms with Gasteiger partial charge in [-0.25, -0.2) is 4.98 Å². The van der Waals surface area contributed by atoms with Gasteiger partial charge in [0.1, 0.15) is 0 Å². The number of benzene rings is 1. The minimum absolute atomic E-state index is 0.168. The second-order valence-corrected chi connectivity index (χ2v) is 5.54. The molecule has 6 nitrogen and oxygen atoms in total. The van der Waals surface area contributed by atoms with Gasteiger partial charge in [-0.3, -0.25) is 10.1 Å². The van der Waals surface area contributed by atoms with Crippen molar-refractivity contribution < 1.29 is 4.92 Å². The van der Waals surface area contributed by atoms with Crippen LogP contribution in [0.15, 0.2) is 48.9 Å². The number of hydrogen-bond donors (Lipinski definition) is 2. The summed E-state index contributed by atoms with van der Waals surface area (Å²) in [5.41, 5.74) is 2.99. The molecular formula is C14H12N4O2S. The molecule has 3 aromatic rings. The van der Waals surface area contributed by atoms with E-state index in [2.05, 4.69) is 15.3 Å². The monoisotopic (exact) mass is 300 g/mol. The van der Waals surface area contributed by atoms with Crippen LogP contribution in [-0.4, -0.2) is 14.9 Å². The SMILES string of the molecule is O=[N+]([O-])c1ccc(CNc2ccc(-c3cnc[nH]3)cc2)s1. The molecule has 106 valence electrons. The van der Waals surface area contributed by atoms with Crippen LogP contribution >= 0.6 is 11.3 Å². The number of nitrogens with one attached hydrogen (secondary N) is 2. The molecule has 0 saturated carbocycles. The number of imidazole rings is 1. The summed E-state index contributed by atoms with van der Waals surface area (Å²) in [4.78, 5) is 18.2. The topological polar surface area (TPSA) is 83.8 Å². The molecule has 2 aromatic heterocycles. The maximum atomic E-state index is 10.6. The van der Waals surface area contributed by atoms with Crippen LogP contribution in [0.25, 0.3) is 11.3 Å². The number of H-pyrrole nitrogens is 1. The Hall–Kier alpha value is -2.67. The number of nitro groups is 1. The summed E-state index contributed by atoms with van der Waals surface area (Å²) in [7, 11) is 0. The van der Waals surface area contributed by atoms with Crippen LogP contribution in [0, 0.1) is 10.1 Å². The van der Waals surface area contributed by atoms with Crippen LogP contribution in [0.1, 0.15) is 4.88 Å². The average Bonchev–Trinajstić information content (AvgIpc) is 3.17. The third kappa shape index (κ3) is 3.09. The van der Waals surface area contributed by atoms with Crippen molar-refractivity contribution >= 4 is 22.0 Å². The minimum Gasteiger partial charge on any atom is -0.380 e. The first-order chi connectivity index (χ1) is 10.2. The third-order valence-electron chi connectivity index (χ3n) is 2.99. The van der Waals surface area contributed by atoms with Crippen molar-refractivity contribution in [3.05, 3.63) is 63.9 Å². The van der Waals surface area contributed by atoms with Crippen molar-refractivity contribution in [2.75, 3.05) is 5.32 Å². The molecule has 2 heterocycles. The predicted octanol–water partition coefficient (Wildman–Crippen LogP) is 3.66. The summed E-state index contributed by atoms with van der Waals surface area (Å²) in [6, 6.07) is 11.2. The molecule has 0 fully saturated rings. The quantitative estimate of drug-likeness (QED) is 0.556. The minimum atomic E-state index is -0.368. The summed E-state index contributed by atoms with van der Waals surface area (Å²) in [5.74, 6) is 0. The van der Waals surface area contributed by atoms with E-state index in [1.165, 1.54) is 17.4 Å². The molecule has 0 bridgehead atoms. The van der Waals surface area contributed by atoms with Gasteiger partial charge in [0.25, 0.3) is 0 Å².